The maximum absolute atomic E-state index is 11.5. The van der Waals surface area contributed by atoms with E-state index in [0.29, 0.717) is 13.2 Å². The van der Waals surface area contributed by atoms with Crippen LogP contribution in [-0.2, 0) is 9.53 Å². The van der Waals surface area contributed by atoms with Gasteiger partial charge in [0.25, 0.3) is 0 Å². The van der Waals surface area contributed by atoms with Crippen molar-refractivity contribution in [2.24, 2.45) is 5.73 Å². The summed E-state index contributed by atoms with van der Waals surface area (Å²) >= 11 is 3.34. The minimum atomic E-state index is -0.621. The highest BCUT2D eigenvalue weighted by Gasteiger charge is 2.32. The Kier molecular flexibility index (Phi) is 7.98. The molecule has 0 saturated heterocycles. The maximum Gasteiger partial charge on any atom is 0.315 e. The quantitative estimate of drug-likeness (QED) is 0.423. The van der Waals surface area contributed by atoms with Crippen molar-refractivity contribution in [3.05, 3.63) is 0 Å². The number of esters is 1. The zero-order valence-electron chi connectivity index (χ0n) is 11.4. The molecule has 18 heavy (non-hydrogen) atoms. The lowest BCUT2D eigenvalue weighted by molar-refractivity contribution is -0.145. The normalized spacial score (nSPS) is 11.1. The smallest absolute Gasteiger partial charge is 0.315 e. The number of ether oxygens (including phenoxy) is 1. The SMILES string of the molecule is CCOC(=O)CC(C)(C)N(CCCCBr)C(N)=O. The van der Waals surface area contributed by atoms with E-state index in [1.165, 1.54) is 4.90 Å². The number of nitrogens with two attached hydrogens (primary N) is 1. The standard InChI is InChI=1S/C12H23BrN2O3/c1-4-18-10(16)9-12(2,3)15(11(14)17)8-6-5-7-13/h4-9H2,1-3H3,(H2,14,17). The molecule has 0 aliphatic rings. The molecular formula is C12H23BrN2O3. The molecule has 2 N–H and O–H groups in total. The summed E-state index contributed by atoms with van der Waals surface area (Å²) < 4.78 is 4.91. The highest BCUT2D eigenvalue weighted by Crippen LogP contribution is 2.20. The molecule has 2 amide bonds. The molecule has 5 nitrogen and oxygen atoms in total. The molecular weight excluding hydrogens is 300 g/mol. The Morgan fingerprint density at radius 2 is 1.94 bits per heavy atom. The summed E-state index contributed by atoms with van der Waals surface area (Å²) in [6, 6.07) is -0.501. The van der Waals surface area contributed by atoms with Gasteiger partial charge in [0.1, 0.15) is 0 Å². The summed E-state index contributed by atoms with van der Waals surface area (Å²) in [6.45, 7) is 6.29. The van der Waals surface area contributed by atoms with Crippen LogP contribution in [0.3, 0.4) is 0 Å². The van der Waals surface area contributed by atoms with Crippen molar-refractivity contribution in [3.8, 4) is 0 Å². The van der Waals surface area contributed by atoms with Crippen molar-refractivity contribution in [1.29, 1.82) is 0 Å². The van der Waals surface area contributed by atoms with Crippen molar-refractivity contribution in [3.63, 3.8) is 0 Å². The zero-order chi connectivity index (χ0) is 14.2. The van der Waals surface area contributed by atoms with Gasteiger partial charge < -0.3 is 15.4 Å². The van der Waals surface area contributed by atoms with Gasteiger partial charge in [-0.3, -0.25) is 4.79 Å². The highest BCUT2D eigenvalue weighted by atomic mass is 79.9. The van der Waals surface area contributed by atoms with Gasteiger partial charge in [-0.25, -0.2) is 4.79 Å². The summed E-state index contributed by atoms with van der Waals surface area (Å²) in [5.74, 6) is -0.311. The van der Waals surface area contributed by atoms with Crippen LogP contribution in [0.15, 0.2) is 0 Å². The molecule has 6 heteroatoms. The Morgan fingerprint density at radius 3 is 2.39 bits per heavy atom. The molecule has 0 bridgehead atoms. The molecule has 0 aliphatic carbocycles. The third kappa shape index (κ3) is 6.23. The summed E-state index contributed by atoms with van der Waals surface area (Å²) in [5.41, 5.74) is 4.76. The molecule has 0 spiro atoms. The molecule has 0 heterocycles. The van der Waals surface area contributed by atoms with Crippen LogP contribution in [-0.4, -0.2) is 40.9 Å². The molecule has 0 rings (SSSR count). The van der Waals surface area contributed by atoms with Gasteiger partial charge in [-0.15, -0.1) is 0 Å². The minimum Gasteiger partial charge on any atom is -0.466 e. The number of unbranched alkanes of at least 4 members (excludes halogenated alkanes) is 1. The third-order valence-corrected chi connectivity index (χ3v) is 3.21. The number of amides is 2. The first-order chi connectivity index (χ1) is 8.35. The van der Waals surface area contributed by atoms with Crippen molar-refractivity contribution in [2.45, 2.75) is 45.6 Å². The number of carbonyl (C=O) groups excluding carboxylic acids is 2. The number of hydrogen-bond donors (Lipinski definition) is 1. The Balaban J connectivity index is 4.54. The van der Waals surface area contributed by atoms with Crippen molar-refractivity contribution < 1.29 is 14.3 Å². The van der Waals surface area contributed by atoms with Gasteiger partial charge >= 0.3 is 12.0 Å². The van der Waals surface area contributed by atoms with Gasteiger partial charge in [-0.05, 0) is 33.6 Å². The van der Waals surface area contributed by atoms with Crippen LogP contribution in [0.5, 0.6) is 0 Å². The van der Waals surface area contributed by atoms with Crippen LogP contribution >= 0.6 is 15.9 Å². The van der Waals surface area contributed by atoms with Gasteiger partial charge in [0, 0.05) is 17.4 Å². The molecule has 0 radical (unpaired) electrons. The molecule has 0 aromatic heterocycles. The van der Waals surface area contributed by atoms with E-state index >= 15 is 0 Å². The fraction of sp³-hybridized carbons (Fsp3) is 0.833. The number of urea groups is 1. The van der Waals surface area contributed by atoms with Crippen LogP contribution in [0.1, 0.15) is 40.0 Å². The van der Waals surface area contributed by atoms with Gasteiger partial charge in [-0.1, -0.05) is 15.9 Å². The second-order valence-corrected chi connectivity index (χ2v) is 5.47. The van der Waals surface area contributed by atoms with Crippen LogP contribution < -0.4 is 5.73 Å². The van der Waals surface area contributed by atoms with E-state index in [0.717, 1.165) is 18.2 Å². The number of primary amides is 1. The van der Waals surface area contributed by atoms with E-state index in [2.05, 4.69) is 15.9 Å². The zero-order valence-corrected chi connectivity index (χ0v) is 13.0. The number of halogens is 1. The first-order valence-electron chi connectivity index (χ1n) is 6.13. The summed E-state index contributed by atoms with van der Waals surface area (Å²) in [6.07, 6.45) is 1.96. The monoisotopic (exact) mass is 322 g/mol. The van der Waals surface area contributed by atoms with E-state index < -0.39 is 11.6 Å². The first kappa shape index (κ1) is 17.2. The summed E-state index contributed by atoms with van der Waals surface area (Å²) in [7, 11) is 0. The minimum absolute atomic E-state index is 0.151. The molecule has 0 aliphatic heterocycles. The third-order valence-electron chi connectivity index (χ3n) is 2.64. The van der Waals surface area contributed by atoms with Gasteiger partial charge in [0.2, 0.25) is 0 Å². The fourth-order valence-corrected chi connectivity index (χ4v) is 2.13. The highest BCUT2D eigenvalue weighted by molar-refractivity contribution is 9.09. The summed E-state index contributed by atoms with van der Waals surface area (Å²) in [5, 5.41) is 0.887. The number of rotatable bonds is 8. The number of carbonyl (C=O) groups is 2. The molecule has 0 aromatic rings. The van der Waals surface area contributed by atoms with Crippen LogP contribution in [0.4, 0.5) is 4.79 Å². The predicted molar refractivity (Wildman–Crippen MR) is 74.6 cm³/mol. The average molecular weight is 323 g/mol. The lowest BCUT2D eigenvalue weighted by Crippen LogP contribution is -2.51. The maximum atomic E-state index is 11.5. The van der Waals surface area contributed by atoms with Crippen LogP contribution in [0.2, 0.25) is 0 Å². The van der Waals surface area contributed by atoms with Crippen molar-refractivity contribution >= 4 is 27.9 Å². The van der Waals surface area contributed by atoms with E-state index in [4.69, 9.17) is 10.5 Å². The van der Waals surface area contributed by atoms with Gasteiger partial charge in [0.05, 0.1) is 13.0 Å². The molecule has 0 aromatic carbocycles. The van der Waals surface area contributed by atoms with Gasteiger partial charge in [-0.2, -0.15) is 0 Å². The fourth-order valence-electron chi connectivity index (χ4n) is 1.74. The lowest BCUT2D eigenvalue weighted by Gasteiger charge is -2.36. The lowest BCUT2D eigenvalue weighted by atomic mass is 9.98. The Labute approximate surface area is 117 Å². The largest absolute Gasteiger partial charge is 0.466 e. The second-order valence-electron chi connectivity index (χ2n) is 4.68. The Hall–Kier alpha value is -0.780. The number of alkyl halides is 1. The van der Waals surface area contributed by atoms with Crippen molar-refractivity contribution in [1.82, 2.24) is 4.90 Å². The Bertz CT molecular complexity index is 282. The van der Waals surface area contributed by atoms with Gasteiger partial charge in [0.15, 0.2) is 0 Å². The van der Waals surface area contributed by atoms with E-state index in [1.807, 2.05) is 13.8 Å². The van der Waals surface area contributed by atoms with Crippen LogP contribution in [0, 0.1) is 0 Å². The molecule has 0 unspecified atom stereocenters. The molecule has 106 valence electrons. The summed E-state index contributed by atoms with van der Waals surface area (Å²) in [4.78, 5) is 24.5. The molecule has 0 fully saturated rings. The second kappa shape index (κ2) is 8.34. The molecule has 0 saturated carbocycles. The molecule has 0 atom stereocenters. The predicted octanol–water partition coefficient (Wildman–Crippen LogP) is 2.27. The number of hydrogen-bond acceptors (Lipinski definition) is 3. The van der Waals surface area contributed by atoms with Crippen LogP contribution in [0.25, 0.3) is 0 Å². The topological polar surface area (TPSA) is 72.6 Å². The average Bonchev–Trinajstić information content (AvgIpc) is 2.22. The number of nitrogens with zero attached hydrogens (tertiary/aromatic N) is 1. The van der Waals surface area contributed by atoms with Crippen molar-refractivity contribution in [2.75, 3.05) is 18.5 Å². The van der Waals surface area contributed by atoms with E-state index in [1.54, 1.807) is 6.92 Å². The van der Waals surface area contributed by atoms with E-state index in [-0.39, 0.29) is 12.4 Å². The van der Waals surface area contributed by atoms with E-state index in [9.17, 15) is 9.59 Å². The first-order valence-corrected chi connectivity index (χ1v) is 7.26. The Morgan fingerprint density at radius 1 is 1.33 bits per heavy atom.